The van der Waals surface area contributed by atoms with Crippen molar-refractivity contribution >= 4 is 40.6 Å². The highest BCUT2D eigenvalue weighted by atomic mass is 35.5. The molecule has 0 aliphatic carbocycles. The minimum atomic E-state index is -0.348. The number of carbonyl (C=O) groups is 1. The van der Waals surface area contributed by atoms with E-state index in [1.165, 1.54) is 12.1 Å². The van der Waals surface area contributed by atoms with Gasteiger partial charge in [-0.1, -0.05) is 29.3 Å². The van der Waals surface area contributed by atoms with Gasteiger partial charge in [-0.2, -0.15) is 0 Å². The van der Waals surface area contributed by atoms with E-state index >= 15 is 0 Å². The summed E-state index contributed by atoms with van der Waals surface area (Å²) in [5, 5.41) is 3.11. The SMILES string of the molecule is Nc1cc(C(=O)Nc2ccccn2)cc(Cl)c1Cl. The number of aromatic nitrogens is 1. The van der Waals surface area contributed by atoms with E-state index in [4.69, 9.17) is 28.9 Å². The fourth-order valence-electron chi connectivity index (χ4n) is 1.37. The van der Waals surface area contributed by atoms with Gasteiger partial charge in [0.15, 0.2) is 0 Å². The first kappa shape index (κ1) is 12.7. The average Bonchev–Trinajstić information content (AvgIpc) is 2.36. The van der Waals surface area contributed by atoms with E-state index in [2.05, 4.69) is 10.3 Å². The van der Waals surface area contributed by atoms with E-state index < -0.39 is 0 Å². The Morgan fingerprint density at radius 3 is 2.67 bits per heavy atom. The number of rotatable bonds is 2. The van der Waals surface area contributed by atoms with Crippen molar-refractivity contribution in [1.82, 2.24) is 4.98 Å². The van der Waals surface area contributed by atoms with Crippen LogP contribution in [0.25, 0.3) is 0 Å². The number of nitrogen functional groups attached to an aromatic ring is 1. The monoisotopic (exact) mass is 281 g/mol. The number of anilines is 2. The van der Waals surface area contributed by atoms with Gasteiger partial charge in [0.25, 0.3) is 5.91 Å². The van der Waals surface area contributed by atoms with Crippen LogP contribution < -0.4 is 11.1 Å². The number of amides is 1. The Balaban J connectivity index is 2.25. The first-order chi connectivity index (χ1) is 8.58. The van der Waals surface area contributed by atoms with Gasteiger partial charge in [-0.25, -0.2) is 4.98 Å². The van der Waals surface area contributed by atoms with E-state index in [1.807, 2.05) is 0 Å². The second-order valence-corrected chi connectivity index (χ2v) is 4.32. The Hall–Kier alpha value is -1.78. The number of nitrogens with two attached hydrogens (primary N) is 1. The van der Waals surface area contributed by atoms with Crippen LogP contribution in [0.5, 0.6) is 0 Å². The van der Waals surface area contributed by atoms with Crippen molar-refractivity contribution in [2.24, 2.45) is 0 Å². The molecule has 0 saturated carbocycles. The molecule has 2 rings (SSSR count). The molecule has 6 heteroatoms. The molecule has 0 atom stereocenters. The lowest BCUT2D eigenvalue weighted by Gasteiger charge is -2.07. The van der Waals surface area contributed by atoms with Gasteiger partial charge in [0.05, 0.1) is 15.7 Å². The molecule has 2 aromatic rings. The Morgan fingerprint density at radius 1 is 1.28 bits per heavy atom. The summed E-state index contributed by atoms with van der Waals surface area (Å²) in [6.07, 6.45) is 1.58. The van der Waals surface area contributed by atoms with Gasteiger partial charge in [-0.15, -0.1) is 0 Å². The van der Waals surface area contributed by atoms with Crippen LogP contribution in [0.15, 0.2) is 36.5 Å². The van der Waals surface area contributed by atoms with Crippen molar-refractivity contribution in [2.45, 2.75) is 0 Å². The molecule has 92 valence electrons. The largest absolute Gasteiger partial charge is 0.397 e. The van der Waals surface area contributed by atoms with Crippen molar-refractivity contribution in [3.8, 4) is 0 Å². The highest BCUT2D eigenvalue weighted by molar-refractivity contribution is 6.44. The molecule has 4 nitrogen and oxygen atoms in total. The van der Waals surface area contributed by atoms with Gasteiger partial charge in [0, 0.05) is 11.8 Å². The van der Waals surface area contributed by atoms with Crippen molar-refractivity contribution in [3.05, 3.63) is 52.1 Å². The Morgan fingerprint density at radius 2 is 2.06 bits per heavy atom. The van der Waals surface area contributed by atoms with Crippen LogP contribution >= 0.6 is 23.2 Å². The Bertz CT molecular complexity index is 564. The number of pyridine rings is 1. The molecular weight excluding hydrogens is 273 g/mol. The number of hydrogen-bond acceptors (Lipinski definition) is 3. The van der Waals surface area contributed by atoms with Gasteiger partial charge in [0.1, 0.15) is 5.82 Å². The summed E-state index contributed by atoms with van der Waals surface area (Å²) >= 11 is 11.7. The second kappa shape index (κ2) is 5.25. The van der Waals surface area contributed by atoms with Crippen LogP contribution in [0.2, 0.25) is 10.0 Å². The zero-order chi connectivity index (χ0) is 13.1. The smallest absolute Gasteiger partial charge is 0.256 e. The van der Waals surface area contributed by atoms with Crippen molar-refractivity contribution in [2.75, 3.05) is 11.1 Å². The molecule has 0 bridgehead atoms. The maximum atomic E-state index is 11.9. The molecule has 0 spiro atoms. The summed E-state index contributed by atoms with van der Waals surface area (Å²) in [4.78, 5) is 15.9. The van der Waals surface area contributed by atoms with Gasteiger partial charge >= 0.3 is 0 Å². The van der Waals surface area contributed by atoms with Crippen molar-refractivity contribution in [3.63, 3.8) is 0 Å². The summed E-state index contributed by atoms with van der Waals surface area (Å²) in [6.45, 7) is 0. The number of hydrogen-bond donors (Lipinski definition) is 2. The molecule has 0 saturated heterocycles. The third-order valence-corrected chi connectivity index (χ3v) is 3.04. The summed E-state index contributed by atoms with van der Waals surface area (Å²) in [7, 11) is 0. The molecule has 0 aliphatic heterocycles. The third kappa shape index (κ3) is 2.72. The van der Waals surface area contributed by atoms with E-state index in [0.29, 0.717) is 11.4 Å². The molecule has 1 aromatic carbocycles. The molecule has 1 heterocycles. The Labute approximate surface area is 114 Å². The molecule has 0 unspecified atom stereocenters. The van der Waals surface area contributed by atoms with Gasteiger partial charge in [0.2, 0.25) is 0 Å². The highest BCUT2D eigenvalue weighted by Gasteiger charge is 2.11. The molecule has 1 aromatic heterocycles. The second-order valence-electron chi connectivity index (χ2n) is 3.53. The minimum absolute atomic E-state index is 0.239. The van der Waals surface area contributed by atoms with E-state index in [1.54, 1.807) is 24.4 Å². The summed E-state index contributed by atoms with van der Waals surface area (Å²) in [6, 6.07) is 8.13. The lowest BCUT2D eigenvalue weighted by molar-refractivity contribution is 0.102. The normalized spacial score (nSPS) is 10.1. The molecule has 18 heavy (non-hydrogen) atoms. The third-order valence-electron chi connectivity index (χ3n) is 2.23. The lowest BCUT2D eigenvalue weighted by Crippen LogP contribution is -2.13. The van der Waals surface area contributed by atoms with Crippen molar-refractivity contribution < 1.29 is 4.79 Å². The van der Waals surface area contributed by atoms with Crippen LogP contribution in [0.4, 0.5) is 11.5 Å². The number of halogens is 2. The number of nitrogens with zero attached hydrogens (tertiary/aromatic N) is 1. The lowest BCUT2D eigenvalue weighted by atomic mass is 10.2. The van der Waals surface area contributed by atoms with Crippen LogP contribution in [0.3, 0.4) is 0 Å². The standard InChI is InChI=1S/C12H9Cl2N3O/c13-8-5-7(6-9(15)11(8)14)12(18)17-10-3-1-2-4-16-10/h1-6H,15H2,(H,16,17,18). The van der Waals surface area contributed by atoms with E-state index in [-0.39, 0.29) is 21.6 Å². The van der Waals surface area contributed by atoms with Crippen LogP contribution in [0.1, 0.15) is 10.4 Å². The first-order valence-electron chi connectivity index (χ1n) is 5.05. The maximum absolute atomic E-state index is 11.9. The molecule has 0 aliphatic rings. The predicted octanol–water partition coefficient (Wildman–Crippen LogP) is 3.22. The quantitative estimate of drug-likeness (QED) is 0.831. The number of benzene rings is 1. The van der Waals surface area contributed by atoms with Crippen LogP contribution in [-0.2, 0) is 0 Å². The first-order valence-corrected chi connectivity index (χ1v) is 5.80. The molecule has 0 fully saturated rings. The molecule has 1 amide bonds. The zero-order valence-corrected chi connectivity index (χ0v) is 10.7. The minimum Gasteiger partial charge on any atom is -0.397 e. The molecule has 3 N–H and O–H groups in total. The fourth-order valence-corrected chi connectivity index (χ4v) is 1.70. The zero-order valence-electron chi connectivity index (χ0n) is 9.15. The van der Waals surface area contributed by atoms with Gasteiger partial charge < -0.3 is 11.1 Å². The molecule has 0 radical (unpaired) electrons. The fraction of sp³-hybridized carbons (Fsp3) is 0. The summed E-state index contributed by atoms with van der Waals surface area (Å²) < 4.78 is 0. The summed E-state index contributed by atoms with van der Waals surface area (Å²) in [5.41, 5.74) is 6.23. The van der Waals surface area contributed by atoms with E-state index in [0.717, 1.165) is 0 Å². The number of carbonyl (C=O) groups excluding carboxylic acids is 1. The van der Waals surface area contributed by atoms with Gasteiger partial charge in [-0.3, -0.25) is 4.79 Å². The summed E-state index contributed by atoms with van der Waals surface area (Å²) in [5.74, 6) is 0.103. The maximum Gasteiger partial charge on any atom is 0.256 e. The Kier molecular flexibility index (Phi) is 3.69. The number of nitrogens with one attached hydrogen (secondary N) is 1. The van der Waals surface area contributed by atoms with E-state index in [9.17, 15) is 4.79 Å². The topological polar surface area (TPSA) is 68.0 Å². The average molecular weight is 282 g/mol. The van der Waals surface area contributed by atoms with Crippen LogP contribution in [0, 0.1) is 0 Å². The van der Waals surface area contributed by atoms with Crippen LogP contribution in [-0.4, -0.2) is 10.9 Å². The highest BCUT2D eigenvalue weighted by Crippen LogP contribution is 2.29. The van der Waals surface area contributed by atoms with Gasteiger partial charge in [-0.05, 0) is 24.3 Å². The van der Waals surface area contributed by atoms with Crippen molar-refractivity contribution in [1.29, 1.82) is 0 Å². The molecular formula is C12H9Cl2N3O. The predicted molar refractivity (Wildman–Crippen MR) is 73.1 cm³/mol.